The molecule has 1 aliphatic carbocycles. The number of ether oxygens (including phenoxy) is 2. The van der Waals surface area contributed by atoms with E-state index in [0.29, 0.717) is 17.9 Å². The summed E-state index contributed by atoms with van der Waals surface area (Å²) in [5.74, 6) is 1.98. The monoisotopic (exact) mass is 492 g/mol. The second-order valence-corrected chi connectivity index (χ2v) is 9.61. The number of hydrogen-bond donors (Lipinski definition) is 1. The van der Waals surface area contributed by atoms with Gasteiger partial charge in [0, 0.05) is 10.9 Å². The van der Waals surface area contributed by atoms with Crippen molar-refractivity contribution in [2.45, 2.75) is 44.6 Å². The number of rotatable bonds is 8. The van der Waals surface area contributed by atoms with Gasteiger partial charge in [0.05, 0.1) is 12.7 Å². The lowest BCUT2D eigenvalue weighted by Crippen LogP contribution is -2.07. The molecule has 1 N–H and O–H groups in total. The Kier molecular flexibility index (Phi) is 7.55. The van der Waals surface area contributed by atoms with Crippen molar-refractivity contribution in [3.63, 3.8) is 0 Å². The SMILES string of the molecule is COc1ccc(/C=C\C(=O)c2ccc3ccccc3c2O)cc1COc1ccccc1C1CCCCC1. The summed E-state index contributed by atoms with van der Waals surface area (Å²) in [5, 5.41) is 12.2. The fourth-order valence-electron chi connectivity index (χ4n) is 5.25. The normalized spacial score (nSPS) is 14.2. The molecule has 0 unspecified atom stereocenters. The van der Waals surface area contributed by atoms with Crippen molar-refractivity contribution in [1.82, 2.24) is 0 Å². The molecule has 0 atom stereocenters. The van der Waals surface area contributed by atoms with E-state index in [1.165, 1.54) is 43.7 Å². The Hall–Kier alpha value is -4.05. The van der Waals surface area contributed by atoms with Gasteiger partial charge in [0.25, 0.3) is 0 Å². The molecule has 188 valence electrons. The molecule has 0 heterocycles. The van der Waals surface area contributed by atoms with Crippen LogP contribution in [0.5, 0.6) is 17.2 Å². The van der Waals surface area contributed by atoms with Crippen molar-refractivity contribution in [1.29, 1.82) is 0 Å². The van der Waals surface area contributed by atoms with Gasteiger partial charge in [0.2, 0.25) is 0 Å². The van der Waals surface area contributed by atoms with Crippen LogP contribution < -0.4 is 9.47 Å². The molecule has 1 aliphatic rings. The van der Waals surface area contributed by atoms with Crippen molar-refractivity contribution < 1.29 is 19.4 Å². The van der Waals surface area contributed by atoms with Crippen LogP contribution >= 0.6 is 0 Å². The number of carbonyl (C=O) groups is 1. The number of phenolic OH excluding ortho intramolecular Hbond substituents is 1. The number of benzene rings is 4. The number of fused-ring (bicyclic) bond motifs is 1. The Bertz CT molecular complexity index is 1430. The number of para-hydroxylation sites is 1. The van der Waals surface area contributed by atoms with E-state index in [2.05, 4.69) is 18.2 Å². The molecule has 0 aliphatic heterocycles. The fourth-order valence-corrected chi connectivity index (χ4v) is 5.25. The molecular formula is C33H32O4. The first kappa shape index (κ1) is 24.6. The van der Waals surface area contributed by atoms with Gasteiger partial charge in [-0.2, -0.15) is 0 Å². The first-order chi connectivity index (χ1) is 18.1. The van der Waals surface area contributed by atoms with Crippen LogP contribution in [0.3, 0.4) is 0 Å². The summed E-state index contributed by atoms with van der Waals surface area (Å²) in [5.41, 5.74) is 3.34. The van der Waals surface area contributed by atoms with E-state index in [-0.39, 0.29) is 17.1 Å². The molecule has 4 aromatic rings. The zero-order chi connectivity index (χ0) is 25.6. The van der Waals surface area contributed by atoms with Crippen molar-refractivity contribution in [3.8, 4) is 17.2 Å². The number of methoxy groups -OCH3 is 1. The van der Waals surface area contributed by atoms with Gasteiger partial charge >= 0.3 is 0 Å². The zero-order valence-electron chi connectivity index (χ0n) is 21.2. The molecule has 0 amide bonds. The van der Waals surface area contributed by atoms with E-state index in [1.54, 1.807) is 19.3 Å². The number of ketones is 1. The summed E-state index contributed by atoms with van der Waals surface area (Å²) in [6, 6.07) is 25.1. The molecule has 37 heavy (non-hydrogen) atoms. The minimum atomic E-state index is -0.252. The lowest BCUT2D eigenvalue weighted by molar-refractivity contribution is 0.104. The molecule has 1 fully saturated rings. The predicted octanol–water partition coefficient (Wildman–Crippen LogP) is 8.08. The number of carbonyl (C=O) groups excluding carboxylic acids is 1. The number of phenols is 1. The molecule has 0 spiro atoms. The molecule has 4 heteroatoms. The quantitative estimate of drug-likeness (QED) is 0.200. The van der Waals surface area contributed by atoms with Crippen molar-refractivity contribution in [3.05, 3.63) is 107 Å². The van der Waals surface area contributed by atoms with E-state index < -0.39 is 0 Å². The van der Waals surface area contributed by atoms with Gasteiger partial charge in [-0.3, -0.25) is 4.79 Å². The minimum Gasteiger partial charge on any atom is -0.507 e. The molecule has 4 nitrogen and oxygen atoms in total. The molecule has 0 saturated heterocycles. The van der Waals surface area contributed by atoms with Gasteiger partial charge < -0.3 is 14.6 Å². The first-order valence-corrected chi connectivity index (χ1v) is 13.0. The molecule has 4 aromatic carbocycles. The lowest BCUT2D eigenvalue weighted by Gasteiger charge is -2.24. The maximum absolute atomic E-state index is 12.9. The van der Waals surface area contributed by atoms with Gasteiger partial charge in [-0.15, -0.1) is 0 Å². The maximum Gasteiger partial charge on any atom is 0.189 e. The third kappa shape index (κ3) is 5.54. The standard InChI is InChI=1S/C33H32O4/c1-36-31-20-16-23(15-19-30(34)29-18-17-25-11-5-6-13-28(25)33(29)35)21-26(31)22-37-32-14-8-7-12-27(32)24-9-3-2-4-10-24/h5-8,11-21,24,35H,2-4,9-10,22H2,1H3/b19-15-. The van der Waals surface area contributed by atoms with E-state index in [0.717, 1.165) is 28.0 Å². The Morgan fingerprint density at radius 2 is 1.70 bits per heavy atom. The van der Waals surface area contributed by atoms with Crippen LogP contribution in [0.25, 0.3) is 16.8 Å². The van der Waals surface area contributed by atoms with Crippen molar-refractivity contribution >= 4 is 22.6 Å². The van der Waals surface area contributed by atoms with Crippen LogP contribution in [-0.4, -0.2) is 18.0 Å². The second-order valence-electron chi connectivity index (χ2n) is 9.61. The summed E-state index contributed by atoms with van der Waals surface area (Å²) in [4.78, 5) is 12.9. The van der Waals surface area contributed by atoms with Crippen LogP contribution in [0.4, 0.5) is 0 Å². The Balaban J connectivity index is 1.34. The highest BCUT2D eigenvalue weighted by Gasteiger charge is 2.19. The summed E-state index contributed by atoms with van der Waals surface area (Å²) in [6.07, 6.45) is 9.55. The fraction of sp³-hybridized carbons (Fsp3) is 0.242. The summed E-state index contributed by atoms with van der Waals surface area (Å²) >= 11 is 0. The van der Waals surface area contributed by atoms with Gasteiger partial charge in [-0.25, -0.2) is 0 Å². The van der Waals surface area contributed by atoms with Crippen molar-refractivity contribution in [2.75, 3.05) is 7.11 Å². The zero-order valence-corrected chi connectivity index (χ0v) is 21.2. The lowest BCUT2D eigenvalue weighted by atomic mass is 9.84. The molecular weight excluding hydrogens is 460 g/mol. The van der Waals surface area contributed by atoms with Gasteiger partial charge in [0.15, 0.2) is 5.78 Å². The average molecular weight is 493 g/mol. The highest BCUT2D eigenvalue weighted by molar-refractivity contribution is 6.11. The largest absolute Gasteiger partial charge is 0.507 e. The molecule has 0 aromatic heterocycles. The number of aromatic hydroxyl groups is 1. The van der Waals surface area contributed by atoms with Crippen LogP contribution in [0.1, 0.15) is 65.1 Å². The Labute approximate surface area is 218 Å². The minimum absolute atomic E-state index is 0.00759. The third-order valence-corrected chi connectivity index (χ3v) is 7.24. The van der Waals surface area contributed by atoms with Crippen LogP contribution in [-0.2, 0) is 6.61 Å². The first-order valence-electron chi connectivity index (χ1n) is 13.0. The van der Waals surface area contributed by atoms with E-state index in [1.807, 2.05) is 54.6 Å². The Morgan fingerprint density at radius 1 is 0.919 bits per heavy atom. The van der Waals surface area contributed by atoms with Gasteiger partial charge in [-0.1, -0.05) is 79.9 Å². The average Bonchev–Trinajstić information content (AvgIpc) is 2.96. The number of allylic oxidation sites excluding steroid dienone is 1. The summed E-state index contributed by atoms with van der Waals surface area (Å²) < 4.78 is 11.9. The second kappa shape index (κ2) is 11.3. The maximum atomic E-state index is 12.9. The van der Waals surface area contributed by atoms with E-state index in [4.69, 9.17) is 9.47 Å². The molecule has 0 bridgehead atoms. The summed E-state index contributed by atoms with van der Waals surface area (Å²) in [7, 11) is 1.65. The highest BCUT2D eigenvalue weighted by atomic mass is 16.5. The van der Waals surface area contributed by atoms with E-state index in [9.17, 15) is 9.90 Å². The molecule has 5 rings (SSSR count). The highest BCUT2D eigenvalue weighted by Crippen LogP contribution is 2.38. The third-order valence-electron chi connectivity index (χ3n) is 7.24. The number of hydrogen-bond acceptors (Lipinski definition) is 4. The van der Waals surface area contributed by atoms with Crippen molar-refractivity contribution in [2.24, 2.45) is 0 Å². The molecule has 1 saturated carbocycles. The molecule has 0 radical (unpaired) electrons. The predicted molar refractivity (Wildman–Crippen MR) is 149 cm³/mol. The van der Waals surface area contributed by atoms with Gasteiger partial charge in [0.1, 0.15) is 23.9 Å². The van der Waals surface area contributed by atoms with Crippen LogP contribution in [0, 0.1) is 0 Å². The van der Waals surface area contributed by atoms with E-state index >= 15 is 0 Å². The Morgan fingerprint density at radius 3 is 2.54 bits per heavy atom. The van der Waals surface area contributed by atoms with Crippen LogP contribution in [0.2, 0.25) is 0 Å². The van der Waals surface area contributed by atoms with Crippen LogP contribution in [0.15, 0.2) is 84.9 Å². The summed E-state index contributed by atoms with van der Waals surface area (Å²) in [6.45, 7) is 0.369. The van der Waals surface area contributed by atoms with Gasteiger partial charge in [-0.05, 0) is 65.6 Å². The smallest absolute Gasteiger partial charge is 0.189 e. The topological polar surface area (TPSA) is 55.8 Å².